The number of fused-ring (bicyclic) bond motifs is 3. The summed E-state index contributed by atoms with van der Waals surface area (Å²) in [6.07, 6.45) is 10.1. The van der Waals surface area contributed by atoms with E-state index in [2.05, 4.69) is 11.4 Å². The van der Waals surface area contributed by atoms with Gasteiger partial charge in [-0.1, -0.05) is 26.2 Å². The summed E-state index contributed by atoms with van der Waals surface area (Å²) in [6.45, 7) is 3.30. The molecule has 4 heteroatoms. The number of hydrogen-bond donors (Lipinski definition) is 1. The second kappa shape index (κ2) is 7.99. The average molecular weight is 357 g/mol. The molecule has 2 aliphatic heterocycles. The largest absolute Gasteiger partial charge is 0.462 e. The van der Waals surface area contributed by atoms with Crippen molar-refractivity contribution in [2.45, 2.75) is 70.4 Å². The zero-order valence-corrected chi connectivity index (χ0v) is 15.8. The fourth-order valence-electron chi connectivity index (χ4n) is 5.07. The quantitative estimate of drug-likeness (QED) is 0.762. The number of ether oxygens (including phenoxy) is 2. The van der Waals surface area contributed by atoms with Gasteiger partial charge < -0.3 is 14.8 Å². The van der Waals surface area contributed by atoms with E-state index in [9.17, 15) is 4.79 Å². The maximum atomic E-state index is 12.3. The Morgan fingerprint density at radius 2 is 2.04 bits per heavy atom. The van der Waals surface area contributed by atoms with E-state index >= 15 is 0 Å². The first-order chi connectivity index (χ1) is 12.8. The van der Waals surface area contributed by atoms with E-state index in [0.29, 0.717) is 24.1 Å². The molecular formula is C22H31NO3. The van der Waals surface area contributed by atoms with Crippen LogP contribution in [0.1, 0.15) is 80.3 Å². The monoisotopic (exact) mass is 357 g/mol. The molecule has 3 atom stereocenters. The van der Waals surface area contributed by atoms with Crippen molar-refractivity contribution >= 4 is 11.7 Å². The van der Waals surface area contributed by atoms with Gasteiger partial charge in [0.2, 0.25) is 0 Å². The van der Waals surface area contributed by atoms with E-state index in [0.717, 1.165) is 36.6 Å². The Labute approximate surface area is 156 Å². The zero-order valence-electron chi connectivity index (χ0n) is 15.8. The molecule has 1 aromatic carbocycles. The molecule has 1 saturated heterocycles. The van der Waals surface area contributed by atoms with Crippen LogP contribution in [0.4, 0.5) is 5.69 Å². The lowest BCUT2D eigenvalue weighted by Gasteiger charge is -2.47. The number of benzene rings is 1. The van der Waals surface area contributed by atoms with Crippen LogP contribution in [-0.4, -0.2) is 25.2 Å². The molecule has 2 heterocycles. The Morgan fingerprint density at radius 3 is 2.85 bits per heavy atom. The number of carbonyl (C=O) groups excluding carboxylic acids is 1. The number of hydrogen-bond acceptors (Lipinski definition) is 4. The van der Waals surface area contributed by atoms with Crippen molar-refractivity contribution in [1.29, 1.82) is 0 Å². The highest BCUT2D eigenvalue weighted by molar-refractivity contribution is 5.90. The van der Waals surface area contributed by atoms with E-state index in [4.69, 9.17) is 9.47 Å². The highest BCUT2D eigenvalue weighted by Crippen LogP contribution is 2.47. The highest BCUT2D eigenvalue weighted by atomic mass is 16.5. The molecule has 1 aliphatic carbocycles. The van der Waals surface area contributed by atoms with Gasteiger partial charge in [-0.05, 0) is 56.2 Å². The predicted molar refractivity (Wildman–Crippen MR) is 102 cm³/mol. The van der Waals surface area contributed by atoms with Gasteiger partial charge in [0, 0.05) is 29.8 Å². The lowest BCUT2D eigenvalue weighted by Crippen LogP contribution is -2.46. The van der Waals surface area contributed by atoms with Crippen molar-refractivity contribution in [3.63, 3.8) is 0 Å². The van der Waals surface area contributed by atoms with E-state index in [1.165, 1.54) is 38.5 Å². The van der Waals surface area contributed by atoms with Crippen LogP contribution in [0.3, 0.4) is 0 Å². The highest BCUT2D eigenvalue weighted by Gasteiger charge is 2.42. The van der Waals surface area contributed by atoms with Gasteiger partial charge in [0.15, 0.2) is 0 Å². The molecule has 1 saturated carbocycles. The van der Waals surface area contributed by atoms with Crippen LogP contribution in [0, 0.1) is 11.8 Å². The molecule has 0 bridgehead atoms. The number of esters is 1. The summed E-state index contributed by atoms with van der Waals surface area (Å²) >= 11 is 0. The average Bonchev–Trinajstić information content (AvgIpc) is 2.71. The third-order valence-electron chi connectivity index (χ3n) is 6.34. The summed E-state index contributed by atoms with van der Waals surface area (Å²) in [5, 5.41) is 3.84. The molecule has 4 rings (SSSR count). The van der Waals surface area contributed by atoms with Crippen molar-refractivity contribution in [3.8, 4) is 0 Å². The Balaban J connectivity index is 1.61. The first kappa shape index (κ1) is 17.8. The van der Waals surface area contributed by atoms with Crippen LogP contribution >= 0.6 is 0 Å². The Kier molecular flexibility index (Phi) is 5.49. The van der Waals surface area contributed by atoms with E-state index < -0.39 is 0 Å². The SMILES string of the molecule is CCCOC(=O)c1ccc2c(c1)C1OCCCC1C(C1CCCCC1)N2. The van der Waals surface area contributed by atoms with Gasteiger partial charge >= 0.3 is 5.97 Å². The van der Waals surface area contributed by atoms with Crippen molar-refractivity contribution in [1.82, 2.24) is 0 Å². The summed E-state index contributed by atoms with van der Waals surface area (Å²) in [5.41, 5.74) is 2.94. The van der Waals surface area contributed by atoms with Crippen LogP contribution in [0.5, 0.6) is 0 Å². The number of anilines is 1. The lowest BCUT2D eigenvalue weighted by atomic mass is 9.71. The molecule has 3 aliphatic rings. The maximum absolute atomic E-state index is 12.3. The maximum Gasteiger partial charge on any atom is 0.338 e. The van der Waals surface area contributed by atoms with Crippen LogP contribution in [-0.2, 0) is 9.47 Å². The zero-order chi connectivity index (χ0) is 17.9. The minimum atomic E-state index is -0.226. The van der Waals surface area contributed by atoms with Gasteiger partial charge in [-0.15, -0.1) is 0 Å². The Hall–Kier alpha value is -1.55. The van der Waals surface area contributed by atoms with E-state index in [-0.39, 0.29) is 12.1 Å². The molecule has 3 unspecified atom stereocenters. The molecule has 1 N–H and O–H groups in total. The van der Waals surface area contributed by atoms with Crippen molar-refractivity contribution < 1.29 is 14.3 Å². The normalized spacial score (nSPS) is 28.6. The Morgan fingerprint density at radius 1 is 1.19 bits per heavy atom. The molecule has 0 radical (unpaired) electrons. The number of nitrogens with one attached hydrogen (secondary N) is 1. The van der Waals surface area contributed by atoms with Gasteiger partial charge in [0.05, 0.1) is 18.3 Å². The summed E-state index contributed by atoms with van der Waals surface area (Å²) in [5.74, 6) is 1.04. The standard InChI is InChI=1S/C22H31NO3/c1-2-12-26-22(24)16-10-11-19-18(14-16)21-17(9-6-13-25-21)20(23-19)15-7-4-3-5-8-15/h10-11,14-15,17,20-21,23H,2-9,12-13H2,1H3. The van der Waals surface area contributed by atoms with Crippen molar-refractivity contribution in [2.75, 3.05) is 18.5 Å². The number of rotatable bonds is 4. The first-order valence-corrected chi connectivity index (χ1v) is 10.5. The van der Waals surface area contributed by atoms with Gasteiger partial charge in [0.25, 0.3) is 0 Å². The van der Waals surface area contributed by atoms with Crippen LogP contribution in [0.25, 0.3) is 0 Å². The summed E-state index contributed by atoms with van der Waals surface area (Å²) in [6, 6.07) is 6.46. The van der Waals surface area contributed by atoms with Gasteiger partial charge in [-0.2, -0.15) is 0 Å². The first-order valence-electron chi connectivity index (χ1n) is 10.5. The third kappa shape index (κ3) is 3.48. The minimum absolute atomic E-state index is 0.117. The molecule has 0 aromatic heterocycles. The lowest BCUT2D eigenvalue weighted by molar-refractivity contribution is -0.0458. The van der Waals surface area contributed by atoms with E-state index in [1.54, 1.807) is 0 Å². The molecule has 1 aromatic rings. The van der Waals surface area contributed by atoms with Crippen LogP contribution < -0.4 is 5.32 Å². The van der Waals surface area contributed by atoms with E-state index in [1.807, 2.05) is 19.1 Å². The molecule has 2 fully saturated rings. The van der Waals surface area contributed by atoms with Crippen molar-refractivity contribution in [2.24, 2.45) is 11.8 Å². The third-order valence-corrected chi connectivity index (χ3v) is 6.34. The van der Waals surface area contributed by atoms with Gasteiger partial charge in [-0.25, -0.2) is 4.79 Å². The molecular weight excluding hydrogens is 326 g/mol. The summed E-state index contributed by atoms with van der Waals surface area (Å²) in [4.78, 5) is 12.3. The summed E-state index contributed by atoms with van der Waals surface area (Å²) in [7, 11) is 0. The molecule has 0 spiro atoms. The smallest absolute Gasteiger partial charge is 0.338 e. The Bertz CT molecular complexity index is 638. The second-order valence-corrected chi connectivity index (χ2v) is 8.10. The molecule has 4 nitrogen and oxygen atoms in total. The topological polar surface area (TPSA) is 47.6 Å². The van der Waals surface area contributed by atoms with Gasteiger partial charge in [0.1, 0.15) is 0 Å². The molecule has 26 heavy (non-hydrogen) atoms. The number of carbonyl (C=O) groups is 1. The van der Waals surface area contributed by atoms with Crippen LogP contribution in [0.15, 0.2) is 18.2 Å². The minimum Gasteiger partial charge on any atom is -0.462 e. The molecule has 142 valence electrons. The predicted octanol–water partition coefficient (Wildman–Crippen LogP) is 5.10. The molecule has 0 amide bonds. The fraction of sp³-hybridized carbons (Fsp3) is 0.682. The fourth-order valence-corrected chi connectivity index (χ4v) is 5.07. The second-order valence-electron chi connectivity index (χ2n) is 8.10. The van der Waals surface area contributed by atoms with Gasteiger partial charge in [-0.3, -0.25) is 0 Å². The van der Waals surface area contributed by atoms with Crippen molar-refractivity contribution in [3.05, 3.63) is 29.3 Å². The summed E-state index contributed by atoms with van der Waals surface area (Å²) < 4.78 is 11.6. The van der Waals surface area contributed by atoms with Crippen LogP contribution in [0.2, 0.25) is 0 Å².